The van der Waals surface area contributed by atoms with Crippen molar-refractivity contribution in [3.05, 3.63) is 75.7 Å². The molecule has 150 valence electrons. The van der Waals surface area contributed by atoms with E-state index in [1.807, 2.05) is 36.6 Å². The predicted molar refractivity (Wildman–Crippen MR) is 123 cm³/mol. The molecule has 7 nitrogen and oxygen atoms in total. The molecule has 31 heavy (non-hydrogen) atoms. The second kappa shape index (κ2) is 8.23. The number of aryl methyl sites for hydroxylation is 2. The highest BCUT2D eigenvalue weighted by Crippen LogP contribution is 2.26. The number of nitrogens with one attached hydrogen (secondary N) is 2. The number of benzene rings is 2. The van der Waals surface area contributed by atoms with Crippen molar-refractivity contribution in [2.75, 3.05) is 5.32 Å². The van der Waals surface area contributed by atoms with Crippen molar-refractivity contribution >= 4 is 41.1 Å². The van der Waals surface area contributed by atoms with Gasteiger partial charge in [-0.25, -0.2) is 4.98 Å². The summed E-state index contributed by atoms with van der Waals surface area (Å²) in [6.45, 7) is 4.01. The molecule has 0 saturated heterocycles. The summed E-state index contributed by atoms with van der Waals surface area (Å²) in [7, 11) is 0. The quantitative estimate of drug-likeness (QED) is 0.343. The lowest BCUT2D eigenvalue weighted by molar-refractivity contribution is 1.01. The van der Waals surface area contributed by atoms with Gasteiger partial charge in [0.2, 0.25) is 5.95 Å². The lowest BCUT2D eigenvalue weighted by Gasteiger charge is -2.13. The molecule has 8 heteroatoms. The summed E-state index contributed by atoms with van der Waals surface area (Å²) in [4.78, 5) is 12.2. The molecule has 0 aliphatic carbocycles. The van der Waals surface area contributed by atoms with Gasteiger partial charge < -0.3 is 10.3 Å². The maximum absolute atomic E-state index is 8.95. The summed E-state index contributed by atoms with van der Waals surface area (Å²) >= 11 is 5.59. The van der Waals surface area contributed by atoms with Gasteiger partial charge in [0.1, 0.15) is 5.52 Å². The van der Waals surface area contributed by atoms with Crippen molar-refractivity contribution in [2.24, 2.45) is 0 Å². The monoisotopic (exact) mass is 423 g/mol. The zero-order chi connectivity index (χ0) is 22.0. The summed E-state index contributed by atoms with van der Waals surface area (Å²) < 4.78 is 2.42. The van der Waals surface area contributed by atoms with Gasteiger partial charge in [-0.05, 0) is 85.2 Å². The zero-order valence-electron chi connectivity index (χ0n) is 16.8. The van der Waals surface area contributed by atoms with E-state index in [-0.39, 0.29) is 0 Å². The SMILES string of the molecule is Cc1cc(/C=C/C#N)cc(C)c1-n1c(=S)[nH]c2cnc(Nc3ccc(C#N)cc3)nc21. The van der Waals surface area contributed by atoms with E-state index in [9.17, 15) is 0 Å². The lowest BCUT2D eigenvalue weighted by atomic mass is 10.0. The highest BCUT2D eigenvalue weighted by Gasteiger charge is 2.14. The highest BCUT2D eigenvalue weighted by molar-refractivity contribution is 7.71. The van der Waals surface area contributed by atoms with Crippen LogP contribution in [0, 0.1) is 41.3 Å². The van der Waals surface area contributed by atoms with Gasteiger partial charge in [-0.3, -0.25) is 4.57 Å². The fourth-order valence-corrected chi connectivity index (χ4v) is 3.78. The number of rotatable bonds is 4. The van der Waals surface area contributed by atoms with Gasteiger partial charge in [-0.15, -0.1) is 0 Å². The molecular weight excluding hydrogens is 406 g/mol. The normalized spacial score (nSPS) is 10.8. The molecule has 0 bridgehead atoms. The lowest BCUT2D eigenvalue weighted by Crippen LogP contribution is -2.04. The largest absolute Gasteiger partial charge is 0.328 e. The van der Waals surface area contributed by atoms with Gasteiger partial charge >= 0.3 is 0 Å². The van der Waals surface area contributed by atoms with Crippen LogP contribution in [0.1, 0.15) is 22.3 Å². The molecule has 0 atom stereocenters. The Hall–Kier alpha value is -4.27. The Labute approximate surface area is 183 Å². The number of hydrogen-bond acceptors (Lipinski definition) is 6. The van der Waals surface area contributed by atoms with Crippen LogP contribution < -0.4 is 5.32 Å². The average Bonchev–Trinajstić information content (AvgIpc) is 3.07. The predicted octanol–water partition coefficient (Wildman–Crippen LogP) is 5.25. The number of aromatic amines is 1. The second-order valence-corrected chi connectivity index (χ2v) is 7.36. The van der Waals surface area contributed by atoms with E-state index in [2.05, 4.69) is 26.3 Å². The fraction of sp³-hybridized carbons (Fsp3) is 0.0870. The summed E-state index contributed by atoms with van der Waals surface area (Å²) in [5.41, 5.74) is 6.65. The third kappa shape index (κ3) is 3.93. The molecule has 0 radical (unpaired) electrons. The molecule has 0 unspecified atom stereocenters. The first-order chi connectivity index (χ1) is 15.0. The number of nitriles is 2. The molecule has 0 aliphatic heterocycles. The Morgan fingerprint density at radius 3 is 2.48 bits per heavy atom. The number of H-pyrrole nitrogens is 1. The van der Waals surface area contributed by atoms with Gasteiger partial charge in [0.15, 0.2) is 10.4 Å². The number of fused-ring (bicyclic) bond motifs is 1. The Kier molecular flexibility index (Phi) is 5.31. The van der Waals surface area contributed by atoms with Crippen LogP contribution in [0.4, 0.5) is 11.6 Å². The van der Waals surface area contributed by atoms with E-state index in [4.69, 9.17) is 22.7 Å². The Balaban J connectivity index is 1.80. The van der Waals surface area contributed by atoms with Crippen LogP contribution in [0.3, 0.4) is 0 Å². The Morgan fingerprint density at radius 1 is 1.13 bits per heavy atom. The second-order valence-electron chi connectivity index (χ2n) is 6.98. The first kappa shape index (κ1) is 20.0. The molecule has 0 spiro atoms. The molecule has 2 N–H and O–H groups in total. The van der Waals surface area contributed by atoms with Crippen LogP contribution in [-0.4, -0.2) is 19.5 Å². The third-order valence-electron chi connectivity index (χ3n) is 4.78. The summed E-state index contributed by atoms with van der Waals surface area (Å²) in [6.07, 6.45) is 4.93. The van der Waals surface area contributed by atoms with Gasteiger partial charge in [0.05, 0.1) is 29.6 Å². The van der Waals surface area contributed by atoms with Gasteiger partial charge in [-0.2, -0.15) is 15.5 Å². The van der Waals surface area contributed by atoms with Crippen molar-refractivity contribution in [3.8, 4) is 17.8 Å². The minimum Gasteiger partial charge on any atom is -0.328 e. The number of aromatic nitrogens is 4. The van der Waals surface area contributed by atoms with Gasteiger partial charge in [0.25, 0.3) is 0 Å². The highest BCUT2D eigenvalue weighted by atomic mass is 32.1. The third-order valence-corrected chi connectivity index (χ3v) is 5.07. The number of nitrogens with zero attached hydrogens (tertiary/aromatic N) is 5. The van der Waals surface area contributed by atoms with Crippen LogP contribution in [0.15, 0.2) is 48.7 Å². The number of hydrogen-bond donors (Lipinski definition) is 2. The first-order valence-corrected chi connectivity index (χ1v) is 9.83. The first-order valence-electron chi connectivity index (χ1n) is 9.43. The molecule has 0 fully saturated rings. The van der Waals surface area contributed by atoms with Crippen molar-refractivity contribution in [2.45, 2.75) is 13.8 Å². The maximum atomic E-state index is 8.95. The number of imidazole rings is 1. The summed E-state index contributed by atoms with van der Waals surface area (Å²) in [5.74, 6) is 0.420. The summed E-state index contributed by atoms with van der Waals surface area (Å²) in [5, 5.41) is 20.9. The van der Waals surface area contributed by atoms with Crippen LogP contribution in [-0.2, 0) is 0 Å². The Morgan fingerprint density at radius 2 is 1.84 bits per heavy atom. The minimum atomic E-state index is 0.420. The smallest absolute Gasteiger partial charge is 0.229 e. The van der Waals surface area contributed by atoms with E-state index >= 15 is 0 Å². The van der Waals surface area contributed by atoms with Crippen LogP contribution in [0.2, 0.25) is 0 Å². The van der Waals surface area contributed by atoms with Gasteiger partial charge in [0, 0.05) is 11.8 Å². The van der Waals surface area contributed by atoms with Crippen LogP contribution in [0.5, 0.6) is 0 Å². The topological polar surface area (TPSA) is 106 Å². The van der Waals surface area contributed by atoms with Crippen molar-refractivity contribution in [1.82, 2.24) is 19.5 Å². The molecule has 4 aromatic rings. The minimum absolute atomic E-state index is 0.420. The molecule has 4 rings (SSSR count). The standard InChI is InChI=1S/C23H17N7S/c1-14-10-17(4-3-9-24)11-15(2)20(14)30-21-19(28-23(30)31)13-26-22(29-21)27-18-7-5-16(12-25)6-8-18/h3-8,10-11,13H,1-2H3,(H,28,31)(H,26,27,29)/b4-3+. The molecule has 2 aromatic heterocycles. The molecule has 0 saturated carbocycles. The van der Waals surface area contributed by atoms with E-state index < -0.39 is 0 Å². The van der Waals surface area contributed by atoms with E-state index in [1.54, 1.807) is 36.5 Å². The molecular formula is C23H17N7S. The molecule has 2 aromatic carbocycles. The van der Waals surface area contributed by atoms with E-state index in [0.717, 1.165) is 33.6 Å². The van der Waals surface area contributed by atoms with Crippen molar-refractivity contribution in [1.29, 1.82) is 10.5 Å². The average molecular weight is 424 g/mol. The zero-order valence-corrected chi connectivity index (χ0v) is 17.7. The summed E-state index contributed by atoms with van der Waals surface area (Å²) in [6, 6.07) is 15.2. The maximum Gasteiger partial charge on any atom is 0.229 e. The van der Waals surface area contributed by atoms with Crippen molar-refractivity contribution in [3.63, 3.8) is 0 Å². The van der Waals surface area contributed by atoms with Crippen molar-refractivity contribution < 1.29 is 0 Å². The number of allylic oxidation sites excluding steroid dienone is 1. The Bertz CT molecular complexity index is 1440. The molecule has 2 heterocycles. The molecule has 0 aliphatic rings. The van der Waals surface area contributed by atoms with Crippen LogP contribution >= 0.6 is 12.2 Å². The van der Waals surface area contributed by atoms with Crippen LogP contribution in [0.25, 0.3) is 22.9 Å². The van der Waals surface area contributed by atoms with E-state index in [0.29, 0.717) is 21.9 Å². The fourth-order valence-electron chi connectivity index (χ4n) is 3.50. The molecule has 0 amide bonds. The van der Waals surface area contributed by atoms with E-state index in [1.165, 1.54) is 6.08 Å². The van der Waals surface area contributed by atoms with Gasteiger partial charge in [-0.1, -0.05) is 0 Å². The number of anilines is 2.